The number of hydrogen-bond donors (Lipinski definition) is 2. The van der Waals surface area contributed by atoms with Gasteiger partial charge in [0.25, 0.3) is 0 Å². The summed E-state index contributed by atoms with van der Waals surface area (Å²) in [5, 5.41) is 8.13. The van der Waals surface area contributed by atoms with E-state index in [2.05, 4.69) is 31.7 Å². The highest BCUT2D eigenvalue weighted by atomic mass is 32.1. The van der Waals surface area contributed by atoms with Gasteiger partial charge in [-0.3, -0.25) is 9.78 Å². The largest absolute Gasteiger partial charge is 0.455 e. The normalized spacial score (nSPS) is 15.8. The quantitative estimate of drug-likeness (QED) is 0.231. The fourth-order valence-corrected chi connectivity index (χ4v) is 6.84. The fourth-order valence-electron chi connectivity index (χ4n) is 5.64. The molecule has 3 aromatic heterocycles. The van der Waals surface area contributed by atoms with Gasteiger partial charge in [-0.05, 0) is 74.6 Å². The Morgan fingerprint density at radius 2 is 2.00 bits per heavy atom. The number of nitrogens with zero attached hydrogens (tertiary/aromatic N) is 4. The number of aryl methyl sites for hydroxylation is 2. The summed E-state index contributed by atoms with van der Waals surface area (Å²) in [5.74, 6) is 2.35. The lowest BCUT2D eigenvalue weighted by molar-refractivity contribution is -0.126. The lowest BCUT2D eigenvalue weighted by Crippen LogP contribution is -2.34. The van der Waals surface area contributed by atoms with Crippen LogP contribution in [0.5, 0.6) is 11.5 Å². The number of benzene rings is 1. The van der Waals surface area contributed by atoms with Crippen molar-refractivity contribution in [3.63, 3.8) is 0 Å². The van der Waals surface area contributed by atoms with Crippen molar-refractivity contribution in [1.29, 1.82) is 0 Å². The molecule has 2 N–H and O–H groups in total. The molecule has 1 aliphatic heterocycles. The number of rotatable bonds is 8. The molecule has 1 amide bonds. The minimum Gasteiger partial charge on any atom is -0.455 e. The first-order valence-electron chi connectivity index (χ1n) is 14.5. The first-order valence-corrected chi connectivity index (χ1v) is 15.3. The van der Waals surface area contributed by atoms with E-state index < -0.39 is 0 Å². The summed E-state index contributed by atoms with van der Waals surface area (Å²) < 4.78 is 6.03. The van der Waals surface area contributed by atoms with Gasteiger partial charge in [0.2, 0.25) is 5.91 Å². The van der Waals surface area contributed by atoms with Gasteiger partial charge in [-0.1, -0.05) is 25.3 Å². The van der Waals surface area contributed by atoms with E-state index in [1.807, 2.05) is 49.1 Å². The highest BCUT2D eigenvalue weighted by molar-refractivity contribution is 7.19. The first-order chi connectivity index (χ1) is 20.0. The van der Waals surface area contributed by atoms with Crippen LogP contribution in [0.4, 0.5) is 11.5 Å². The standard InChI is InChI=1S/C32H36N6O2S/c1-21-17-24(11-13-27(21)40-25-12-10-22(2)34-18-25)37-31-30-26-14-16-38(19-28(26)41-32(30)36-20-35-31)29(39)9-6-15-33-23-7-4-3-5-8-23/h6,9-13,17-18,20,23,33H,3-5,7-8,14-16,19H2,1-2H3,(H,35,36,37)/b9-6+. The van der Waals surface area contributed by atoms with Crippen molar-refractivity contribution in [2.75, 3.05) is 18.4 Å². The summed E-state index contributed by atoms with van der Waals surface area (Å²) in [6.07, 6.45) is 14.3. The maximum atomic E-state index is 12.9. The number of amides is 1. The molecule has 0 radical (unpaired) electrons. The molecule has 1 aliphatic carbocycles. The highest BCUT2D eigenvalue weighted by Gasteiger charge is 2.25. The molecular formula is C32H36N6O2S. The van der Waals surface area contributed by atoms with E-state index in [0.29, 0.717) is 24.9 Å². The minimum atomic E-state index is 0.0715. The van der Waals surface area contributed by atoms with Gasteiger partial charge in [0.15, 0.2) is 0 Å². The second-order valence-corrected chi connectivity index (χ2v) is 12.0. The molecule has 0 unspecified atom stereocenters. The second kappa shape index (κ2) is 12.4. The van der Waals surface area contributed by atoms with Gasteiger partial charge >= 0.3 is 0 Å². The van der Waals surface area contributed by atoms with Crippen LogP contribution in [0.2, 0.25) is 0 Å². The summed E-state index contributed by atoms with van der Waals surface area (Å²) in [4.78, 5) is 30.5. The average molecular weight is 569 g/mol. The number of aromatic nitrogens is 3. The molecule has 1 fully saturated rings. The van der Waals surface area contributed by atoms with E-state index >= 15 is 0 Å². The van der Waals surface area contributed by atoms with Gasteiger partial charge in [0.1, 0.15) is 28.5 Å². The number of nitrogens with one attached hydrogen (secondary N) is 2. The Bertz CT molecular complexity index is 1560. The maximum Gasteiger partial charge on any atom is 0.246 e. The zero-order valence-electron chi connectivity index (χ0n) is 23.7. The van der Waals surface area contributed by atoms with Crippen LogP contribution < -0.4 is 15.4 Å². The van der Waals surface area contributed by atoms with Crippen LogP contribution in [-0.4, -0.2) is 44.9 Å². The molecule has 1 aromatic carbocycles. The minimum absolute atomic E-state index is 0.0715. The number of hydrogen-bond acceptors (Lipinski definition) is 8. The molecule has 2 aliphatic rings. The smallest absolute Gasteiger partial charge is 0.246 e. The predicted octanol–water partition coefficient (Wildman–Crippen LogP) is 6.60. The SMILES string of the molecule is Cc1ccc(Oc2ccc(Nc3ncnc4sc5c(c34)CCN(C(=O)/C=C/CNC3CCCCC3)C5)cc2C)cn1. The molecule has 4 aromatic rings. The molecule has 0 atom stereocenters. The molecule has 0 bridgehead atoms. The van der Waals surface area contributed by atoms with Crippen molar-refractivity contribution < 1.29 is 9.53 Å². The van der Waals surface area contributed by atoms with E-state index in [4.69, 9.17) is 4.74 Å². The van der Waals surface area contributed by atoms with Crippen molar-refractivity contribution in [3.8, 4) is 11.5 Å². The van der Waals surface area contributed by atoms with Crippen LogP contribution in [0.25, 0.3) is 10.2 Å². The lowest BCUT2D eigenvalue weighted by atomic mass is 9.95. The van der Waals surface area contributed by atoms with Crippen LogP contribution >= 0.6 is 11.3 Å². The van der Waals surface area contributed by atoms with Crippen molar-refractivity contribution in [1.82, 2.24) is 25.2 Å². The fraction of sp³-hybridized carbons (Fsp3) is 0.375. The third-order valence-electron chi connectivity index (χ3n) is 7.89. The first kappa shape index (κ1) is 27.4. The summed E-state index contributed by atoms with van der Waals surface area (Å²) in [6.45, 7) is 6.02. The number of thiophene rings is 1. The van der Waals surface area contributed by atoms with Crippen LogP contribution in [-0.2, 0) is 17.8 Å². The van der Waals surface area contributed by atoms with Crippen LogP contribution in [0, 0.1) is 13.8 Å². The molecule has 4 heterocycles. The Balaban J connectivity index is 1.12. The topological polar surface area (TPSA) is 92.3 Å². The van der Waals surface area contributed by atoms with E-state index in [1.165, 1.54) is 42.5 Å². The Hall–Kier alpha value is -3.82. The zero-order valence-corrected chi connectivity index (χ0v) is 24.5. The van der Waals surface area contributed by atoms with E-state index in [1.54, 1.807) is 29.9 Å². The number of pyridine rings is 1. The predicted molar refractivity (Wildman–Crippen MR) is 164 cm³/mol. The van der Waals surface area contributed by atoms with Crippen molar-refractivity contribution in [2.24, 2.45) is 0 Å². The number of fused-ring (bicyclic) bond motifs is 3. The van der Waals surface area contributed by atoms with Gasteiger partial charge in [-0.2, -0.15) is 0 Å². The van der Waals surface area contributed by atoms with Crippen molar-refractivity contribution in [3.05, 3.63) is 76.7 Å². The van der Waals surface area contributed by atoms with E-state index in [0.717, 1.165) is 51.7 Å². The summed E-state index contributed by atoms with van der Waals surface area (Å²) in [7, 11) is 0. The van der Waals surface area contributed by atoms with Gasteiger partial charge in [0, 0.05) is 41.5 Å². The maximum absolute atomic E-state index is 12.9. The molecule has 41 heavy (non-hydrogen) atoms. The number of ether oxygens (including phenoxy) is 1. The molecule has 8 nitrogen and oxygen atoms in total. The third-order valence-corrected chi connectivity index (χ3v) is 9.01. The van der Waals surface area contributed by atoms with Gasteiger partial charge in [-0.25, -0.2) is 9.97 Å². The third kappa shape index (κ3) is 6.41. The van der Waals surface area contributed by atoms with Crippen molar-refractivity contribution >= 4 is 39.0 Å². The molecule has 212 valence electrons. The number of carbonyl (C=O) groups excluding carboxylic acids is 1. The zero-order chi connectivity index (χ0) is 28.2. The Morgan fingerprint density at radius 3 is 2.80 bits per heavy atom. The van der Waals surface area contributed by atoms with Crippen LogP contribution in [0.1, 0.15) is 53.8 Å². The number of carbonyl (C=O) groups is 1. The van der Waals surface area contributed by atoms with Gasteiger partial charge in [0.05, 0.1) is 18.1 Å². The van der Waals surface area contributed by atoms with E-state index in [9.17, 15) is 4.79 Å². The number of anilines is 2. The molecule has 9 heteroatoms. The molecule has 0 spiro atoms. The summed E-state index contributed by atoms with van der Waals surface area (Å²) in [5.41, 5.74) is 4.12. The van der Waals surface area contributed by atoms with Crippen LogP contribution in [0.3, 0.4) is 0 Å². The van der Waals surface area contributed by atoms with Crippen LogP contribution in [0.15, 0.2) is 55.0 Å². The summed E-state index contributed by atoms with van der Waals surface area (Å²) >= 11 is 1.65. The highest BCUT2D eigenvalue weighted by Crippen LogP contribution is 2.38. The van der Waals surface area contributed by atoms with Gasteiger partial charge < -0.3 is 20.3 Å². The molecule has 6 rings (SSSR count). The average Bonchev–Trinajstić information content (AvgIpc) is 3.37. The molecule has 0 saturated heterocycles. The van der Waals surface area contributed by atoms with E-state index in [-0.39, 0.29) is 5.91 Å². The Morgan fingerprint density at radius 1 is 1.12 bits per heavy atom. The lowest BCUT2D eigenvalue weighted by Gasteiger charge is -2.26. The second-order valence-electron chi connectivity index (χ2n) is 10.9. The Kier molecular flexibility index (Phi) is 8.25. The molecular weight excluding hydrogens is 532 g/mol. The monoisotopic (exact) mass is 568 g/mol. The molecule has 1 saturated carbocycles. The van der Waals surface area contributed by atoms with Crippen molar-refractivity contribution in [2.45, 2.75) is 65.0 Å². The Labute approximate surface area is 244 Å². The summed E-state index contributed by atoms with van der Waals surface area (Å²) in [6, 6.07) is 10.5. The van der Waals surface area contributed by atoms with Gasteiger partial charge in [-0.15, -0.1) is 11.3 Å².